The summed E-state index contributed by atoms with van der Waals surface area (Å²) in [6.45, 7) is 4.56. The molecule has 1 amide bonds. The molecule has 0 spiro atoms. The fourth-order valence-electron chi connectivity index (χ4n) is 3.12. The third-order valence-electron chi connectivity index (χ3n) is 4.28. The van der Waals surface area contributed by atoms with Crippen LogP contribution in [0.5, 0.6) is 0 Å². The average molecular weight is 328 g/mol. The maximum atomic E-state index is 13.1. The van der Waals surface area contributed by atoms with Crippen LogP contribution in [0.4, 0.5) is 13.2 Å². The third-order valence-corrected chi connectivity index (χ3v) is 4.28. The number of nitrogens with one attached hydrogen (secondary N) is 2. The van der Waals surface area contributed by atoms with Crippen LogP contribution < -0.4 is 10.6 Å². The fraction of sp³-hybridized carbons (Fsp3) is 0.588. The van der Waals surface area contributed by atoms with E-state index in [4.69, 9.17) is 0 Å². The predicted octanol–water partition coefficient (Wildman–Crippen LogP) is 3.46. The fourth-order valence-corrected chi connectivity index (χ4v) is 3.12. The first-order chi connectivity index (χ1) is 10.8. The lowest BCUT2D eigenvalue weighted by Gasteiger charge is -2.29. The van der Waals surface area contributed by atoms with Crippen molar-refractivity contribution in [2.75, 3.05) is 6.54 Å². The second-order valence-corrected chi connectivity index (χ2v) is 6.33. The number of carbonyl (C=O) groups excluding carboxylic acids is 1. The smallest absolute Gasteiger partial charge is 0.353 e. The summed E-state index contributed by atoms with van der Waals surface area (Å²) < 4.78 is 39.2. The molecule has 2 N–H and O–H groups in total. The van der Waals surface area contributed by atoms with E-state index in [0.29, 0.717) is 6.04 Å². The van der Waals surface area contributed by atoms with Gasteiger partial charge in [-0.3, -0.25) is 4.79 Å². The molecule has 0 aromatic heterocycles. The standard InChI is InChI=1S/C17H23F3N2O/c1-11(14-5-3-4-6-15(14)17(18,19)20)9-16(23)22-13-7-8-21-12(2)10-13/h3-6,11-13,21H,7-10H2,1-2H3,(H,22,23). The van der Waals surface area contributed by atoms with Crippen molar-refractivity contribution in [2.45, 2.75) is 57.3 Å². The van der Waals surface area contributed by atoms with E-state index in [9.17, 15) is 18.0 Å². The minimum atomic E-state index is -4.40. The SMILES string of the molecule is CC1CC(NC(=O)CC(C)c2ccccc2C(F)(F)F)CCN1. The summed E-state index contributed by atoms with van der Waals surface area (Å²) in [6.07, 6.45) is -2.64. The number of rotatable bonds is 4. The molecule has 2 rings (SSSR count). The van der Waals surface area contributed by atoms with Crippen LogP contribution in [-0.4, -0.2) is 24.5 Å². The predicted molar refractivity (Wildman–Crippen MR) is 83.1 cm³/mol. The molecule has 6 heteroatoms. The second-order valence-electron chi connectivity index (χ2n) is 6.33. The lowest BCUT2D eigenvalue weighted by atomic mass is 9.92. The van der Waals surface area contributed by atoms with Crippen molar-refractivity contribution in [3.8, 4) is 0 Å². The molecule has 1 aliphatic rings. The number of carbonyl (C=O) groups is 1. The molecule has 3 atom stereocenters. The van der Waals surface area contributed by atoms with Gasteiger partial charge in [0.05, 0.1) is 5.56 Å². The van der Waals surface area contributed by atoms with E-state index in [-0.39, 0.29) is 23.9 Å². The van der Waals surface area contributed by atoms with Crippen LogP contribution >= 0.6 is 0 Å². The van der Waals surface area contributed by atoms with Crippen molar-refractivity contribution in [3.63, 3.8) is 0 Å². The molecule has 1 heterocycles. The molecule has 1 aromatic carbocycles. The molecule has 128 valence electrons. The maximum Gasteiger partial charge on any atom is 0.416 e. The number of hydrogen-bond donors (Lipinski definition) is 2. The molecular weight excluding hydrogens is 305 g/mol. The van der Waals surface area contributed by atoms with Gasteiger partial charge in [0, 0.05) is 18.5 Å². The van der Waals surface area contributed by atoms with Crippen LogP contribution in [0.2, 0.25) is 0 Å². The molecule has 0 radical (unpaired) electrons. The molecule has 0 aliphatic carbocycles. The summed E-state index contributed by atoms with van der Waals surface area (Å²) in [5.74, 6) is -0.666. The van der Waals surface area contributed by atoms with Crippen molar-refractivity contribution in [3.05, 3.63) is 35.4 Å². The van der Waals surface area contributed by atoms with Crippen molar-refractivity contribution in [2.24, 2.45) is 0 Å². The molecular formula is C17H23F3N2O. The Balaban J connectivity index is 1.99. The Morgan fingerprint density at radius 3 is 2.74 bits per heavy atom. The normalized spacial score (nSPS) is 23.3. The van der Waals surface area contributed by atoms with Gasteiger partial charge in [0.2, 0.25) is 5.91 Å². The van der Waals surface area contributed by atoms with Gasteiger partial charge in [-0.25, -0.2) is 0 Å². The van der Waals surface area contributed by atoms with E-state index in [2.05, 4.69) is 17.6 Å². The quantitative estimate of drug-likeness (QED) is 0.889. The lowest BCUT2D eigenvalue weighted by Crippen LogP contribution is -2.46. The minimum absolute atomic E-state index is 0.0609. The molecule has 3 unspecified atom stereocenters. The van der Waals surface area contributed by atoms with E-state index in [1.54, 1.807) is 13.0 Å². The van der Waals surface area contributed by atoms with Gasteiger partial charge in [-0.2, -0.15) is 13.2 Å². The van der Waals surface area contributed by atoms with Crippen molar-refractivity contribution in [1.29, 1.82) is 0 Å². The van der Waals surface area contributed by atoms with Gasteiger partial charge in [0.15, 0.2) is 0 Å². The van der Waals surface area contributed by atoms with E-state index in [1.807, 2.05) is 0 Å². The zero-order chi connectivity index (χ0) is 17.0. The number of halogens is 3. The van der Waals surface area contributed by atoms with Gasteiger partial charge < -0.3 is 10.6 Å². The van der Waals surface area contributed by atoms with Crippen LogP contribution in [0.1, 0.15) is 50.2 Å². The van der Waals surface area contributed by atoms with Gasteiger partial charge in [-0.1, -0.05) is 25.1 Å². The van der Waals surface area contributed by atoms with Crippen LogP contribution in [-0.2, 0) is 11.0 Å². The molecule has 1 saturated heterocycles. The van der Waals surface area contributed by atoms with E-state index in [1.165, 1.54) is 12.1 Å². The van der Waals surface area contributed by atoms with E-state index < -0.39 is 17.7 Å². The largest absolute Gasteiger partial charge is 0.416 e. The number of hydrogen-bond acceptors (Lipinski definition) is 2. The maximum absolute atomic E-state index is 13.1. The van der Waals surface area contributed by atoms with Gasteiger partial charge >= 0.3 is 6.18 Å². The first kappa shape index (κ1) is 17.8. The first-order valence-corrected chi connectivity index (χ1v) is 7.96. The van der Waals surface area contributed by atoms with Gasteiger partial charge in [-0.15, -0.1) is 0 Å². The Morgan fingerprint density at radius 2 is 2.09 bits per heavy atom. The Bertz CT molecular complexity index is 545. The zero-order valence-electron chi connectivity index (χ0n) is 13.4. The molecule has 0 saturated carbocycles. The Morgan fingerprint density at radius 1 is 1.39 bits per heavy atom. The van der Waals surface area contributed by atoms with Crippen LogP contribution in [0.25, 0.3) is 0 Å². The first-order valence-electron chi connectivity index (χ1n) is 7.96. The summed E-state index contributed by atoms with van der Waals surface area (Å²) in [4.78, 5) is 12.1. The average Bonchev–Trinajstić information content (AvgIpc) is 2.46. The van der Waals surface area contributed by atoms with Crippen molar-refractivity contribution >= 4 is 5.91 Å². The molecule has 1 aromatic rings. The van der Waals surface area contributed by atoms with E-state index in [0.717, 1.165) is 25.5 Å². The summed E-state index contributed by atoms with van der Waals surface area (Å²) in [7, 11) is 0. The Labute approximate surface area is 134 Å². The van der Waals surface area contributed by atoms with Crippen molar-refractivity contribution in [1.82, 2.24) is 10.6 Å². The van der Waals surface area contributed by atoms with Gasteiger partial charge in [0.25, 0.3) is 0 Å². The summed E-state index contributed by atoms with van der Waals surface area (Å²) in [6, 6.07) is 5.91. The number of piperidine rings is 1. The lowest BCUT2D eigenvalue weighted by molar-refractivity contribution is -0.138. The summed E-state index contributed by atoms with van der Waals surface area (Å²) >= 11 is 0. The highest BCUT2D eigenvalue weighted by atomic mass is 19.4. The Hall–Kier alpha value is -1.56. The van der Waals surface area contributed by atoms with Gasteiger partial charge in [0.1, 0.15) is 0 Å². The minimum Gasteiger partial charge on any atom is -0.353 e. The molecule has 3 nitrogen and oxygen atoms in total. The molecule has 1 aliphatic heterocycles. The van der Waals surface area contributed by atoms with Crippen LogP contribution in [0, 0.1) is 0 Å². The topological polar surface area (TPSA) is 41.1 Å². The molecule has 1 fully saturated rings. The second kappa shape index (κ2) is 7.34. The summed E-state index contributed by atoms with van der Waals surface area (Å²) in [5, 5.41) is 6.25. The highest BCUT2D eigenvalue weighted by molar-refractivity contribution is 5.77. The van der Waals surface area contributed by atoms with E-state index >= 15 is 0 Å². The monoisotopic (exact) mass is 328 g/mol. The summed E-state index contributed by atoms with van der Waals surface area (Å²) in [5.41, 5.74) is -0.482. The number of alkyl halides is 3. The van der Waals surface area contributed by atoms with Crippen LogP contribution in [0.15, 0.2) is 24.3 Å². The highest BCUT2D eigenvalue weighted by Crippen LogP contribution is 2.35. The zero-order valence-corrected chi connectivity index (χ0v) is 13.4. The molecule has 0 bridgehead atoms. The van der Waals surface area contributed by atoms with Gasteiger partial charge in [-0.05, 0) is 43.9 Å². The van der Waals surface area contributed by atoms with Crippen LogP contribution in [0.3, 0.4) is 0 Å². The Kier molecular flexibility index (Phi) is 5.68. The molecule has 23 heavy (non-hydrogen) atoms. The third kappa shape index (κ3) is 4.96. The number of benzene rings is 1. The highest BCUT2D eigenvalue weighted by Gasteiger charge is 2.34. The van der Waals surface area contributed by atoms with Crippen molar-refractivity contribution < 1.29 is 18.0 Å². The number of amides is 1.